The molecule has 0 bridgehead atoms. The maximum atomic E-state index is 13.4. The molecule has 0 saturated heterocycles. The first-order chi connectivity index (χ1) is 17.2. The van der Waals surface area contributed by atoms with E-state index < -0.39 is 34.2 Å². The Morgan fingerprint density at radius 2 is 1.67 bits per heavy atom. The predicted octanol–water partition coefficient (Wildman–Crippen LogP) is 2.66. The number of aliphatic hydroxyl groups excluding tert-OH is 2. The molecule has 4 atom stereocenters. The van der Waals surface area contributed by atoms with Gasteiger partial charge in [-0.05, 0) is 48.1 Å². The lowest BCUT2D eigenvalue weighted by Gasteiger charge is -2.24. The minimum atomic E-state index is -3.80. The number of hydrogen-bond donors (Lipinski definition) is 4. The van der Waals surface area contributed by atoms with Crippen LogP contribution in [0.5, 0.6) is 0 Å². The van der Waals surface area contributed by atoms with Gasteiger partial charge in [-0.25, -0.2) is 13.1 Å². The molecule has 0 unspecified atom stereocenters. The molecule has 4 N–H and O–H groups in total. The van der Waals surface area contributed by atoms with E-state index in [9.17, 15) is 23.4 Å². The summed E-state index contributed by atoms with van der Waals surface area (Å²) in [5, 5.41) is 24.3. The highest BCUT2D eigenvalue weighted by molar-refractivity contribution is 7.89. The van der Waals surface area contributed by atoms with E-state index in [1.807, 2.05) is 54.6 Å². The van der Waals surface area contributed by atoms with Gasteiger partial charge in [0.1, 0.15) is 0 Å². The SMILES string of the molecule is Cc1ccccc1S(=O)(=O)NC[C@@H](O)C[C@@H](Cc1ccccc1)C(=O)N[C@H]1c2ccccc2C[C@H]1O. The van der Waals surface area contributed by atoms with Crippen LogP contribution in [0.15, 0.2) is 83.8 Å². The minimum absolute atomic E-state index is 0.0570. The second kappa shape index (κ2) is 11.3. The fourth-order valence-electron chi connectivity index (χ4n) is 4.75. The monoisotopic (exact) mass is 508 g/mol. The summed E-state index contributed by atoms with van der Waals surface area (Å²) in [7, 11) is -3.80. The molecule has 8 heteroatoms. The van der Waals surface area contributed by atoms with Crippen molar-refractivity contribution in [3.8, 4) is 0 Å². The first kappa shape index (κ1) is 26.0. The first-order valence-corrected chi connectivity index (χ1v) is 13.6. The largest absolute Gasteiger partial charge is 0.392 e. The summed E-state index contributed by atoms with van der Waals surface area (Å²) in [6, 6.07) is 23.2. The van der Waals surface area contributed by atoms with Gasteiger partial charge in [-0.15, -0.1) is 0 Å². The summed E-state index contributed by atoms with van der Waals surface area (Å²) in [5.74, 6) is -0.911. The normalized spacial score (nSPS) is 18.9. The number of aliphatic hydroxyl groups is 2. The lowest BCUT2D eigenvalue weighted by atomic mass is 9.92. The molecule has 190 valence electrons. The summed E-state index contributed by atoms with van der Waals surface area (Å²) in [4.78, 5) is 13.5. The third kappa shape index (κ3) is 6.20. The number of hydrogen-bond acceptors (Lipinski definition) is 5. The van der Waals surface area contributed by atoms with Crippen molar-refractivity contribution in [2.45, 2.75) is 49.3 Å². The van der Waals surface area contributed by atoms with Gasteiger partial charge >= 0.3 is 0 Å². The first-order valence-electron chi connectivity index (χ1n) is 12.1. The number of sulfonamides is 1. The van der Waals surface area contributed by atoms with Crippen LogP contribution < -0.4 is 10.0 Å². The van der Waals surface area contributed by atoms with Gasteiger partial charge in [-0.2, -0.15) is 0 Å². The molecule has 0 fully saturated rings. The number of fused-ring (bicyclic) bond motifs is 1. The van der Waals surface area contributed by atoms with Gasteiger partial charge in [0.15, 0.2) is 0 Å². The topological polar surface area (TPSA) is 116 Å². The summed E-state index contributed by atoms with van der Waals surface area (Å²) in [6.45, 7) is 1.49. The third-order valence-electron chi connectivity index (χ3n) is 6.65. The Morgan fingerprint density at radius 3 is 2.42 bits per heavy atom. The van der Waals surface area contributed by atoms with Crippen molar-refractivity contribution in [1.29, 1.82) is 0 Å². The van der Waals surface area contributed by atoms with E-state index >= 15 is 0 Å². The van der Waals surface area contributed by atoms with Crippen LogP contribution in [0.1, 0.15) is 34.7 Å². The van der Waals surface area contributed by atoms with E-state index in [0.29, 0.717) is 18.4 Å². The number of carbonyl (C=O) groups excluding carboxylic acids is 1. The molecule has 4 rings (SSSR count). The molecule has 0 radical (unpaired) electrons. The molecule has 0 aromatic heterocycles. The van der Waals surface area contributed by atoms with Crippen molar-refractivity contribution < 1.29 is 23.4 Å². The van der Waals surface area contributed by atoms with Gasteiger partial charge in [0.25, 0.3) is 0 Å². The number of nitrogens with one attached hydrogen (secondary N) is 2. The Hall–Kier alpha value is -3.04. The Kier molecular flexibility index (Phi) is 8.21. The summed E-state index contributed by atoms with van der Waals surface area (Å²) in [5.41, 5.74) is 3.43. The smallest absolute Gasteiger partial charge is 0.240 e. The molecular formula is C28H32N2O5S. The van der Waals surface area contributed by atoms with E-state index in [1.165, 1.54) is 6.07 Å². The lowest BCUT2D eigenvalue weighted by Crippen LogP contribution is -2.41. The van der Waals surface area contributed by atoms with E-state index in [2.05, 4.69) is 10.0 Å². The molecule has 3 aromatic carbocycles. The molecule has 0 heterocycles. The molecule has 0 saturated carbocycles. The maximum Gasteiger partial charge on any atom is 0.240 e. The Morgan fingerprint density at radius 1 is 1.00 bits per heavy atom. The van der Waals surface area contributed by atoms with E-state index in [-0.39, 0.29) is 23.8 Å². The zero-order chi connectivity index (χ0) is 25.7. The van der Waals surface area contributed by atoms with Crippen LogP contribution in [-0.2, 0) is 27.7 Å². The van der Waals surface area contributed by atoms with E-state index in [4.69, 9.17) is 0 Å². The molecule has 3 aromatic rings. The van der Waals surface area contributed by atoms with Crippen molar-refractivity contribution in [3.05, 3.63) is 101 Å². The van der Waals surface area contributed by atoms with Gasteiger partial charge in [-0.3, -0.25) is 4.79 Å². The second-order valence-corrected chi connectivity index (χ2v) is 11.1. The fraction of sp³-hybridized carbons (Fsp3) is 0.321. The van der Waals surface area contributed by atoms with Gasteiger partial charge in [0.2, 0.25) is 15.9 Å². The van der Waals surface area contributed by atoms with Crippen LogP contribution >= 0.6 is 0 Å². The lowest BCUT2D eigenvalue weighted by molar-refractivity contribution is -0.127. The van der Waals surface area contributed by atoms with Crippen molar-refractivity contribution in [2.75, 3.05) is 6.54 Å². The molecule has 36 heavy (non-hydrogen) atoms. The second-order valence-electron chi connectivity index (χ2n) is 9.35. The highest BCUT2D eigenvalue weighted by atomic mass is 32.2. The average Bonchev–Trinajstić information content (AvgIpc) is 3.18. The number of rotatable bonds is 10. The quantitative estimate of drug-likeness (QED) is 0.336. The minimum Gasteiger partial charge on any atom is -0.392 e. The van der Waals surface area contributed by atoms with Gasteiger partial charge in [-0.1, -0.05) is 72.8 Å². The summed E-state index contributed by atoms with van der Waals surface area (Å²) < 4.78 is 27.9. The molecule has 7 nitrogen and oxygen atoms in total. The van der Waals surface area contributed by atoms with Crippen molar-refractivity contribution >= 4 is 15.9 Å². The highest BCUT2D eigenvalue weighted by Crippen LogP contribution is 2.32. The molecule has 1 aliphatic carbocycles. The molecule has 0 spiro atoms. The standard InChI is InChI=1S/C28H32N2O5S/c1-19-9-5-8-14-26(19)36(34,35)29-18-23(31)16-22(15-20-10-3-2-4-11-20)28(33)30-27-24-13-7-6-12-21(24)17-25(27)32/h2-14,22-23,25,27,29,31-32H,15-18H2,1H3,(H,30,33)/t22-,23+,25-,27+/m1/s1. The Balaban J connectivity index is 1.46. The maximum absolute atomic E-state index is 13.4. The van der Waals surface area contributed by atoms with Crippen LogP contribution in [0.2, 0.25) is 0 Å². The van der Waals surface area contributed by atoms with Gasteiger partial charge < -0.3 is 15.5 Å². The highest BCUT2D eigenvalue weighted by Gasteiger charge is 2.34. The number of carbonyl (C=O) groups is 1. The van der Waals surface area contributed by atoms with Gasteiger partial charge in [0.05, 0.1) is 23.1 Å². The van der Waals surface area contributed by atoms with Crippen LogP contribution in [0.25, 0.3) is 0 Å². The molecule has 0 aliphatic heterocycles. The van der Waals surface area contributed by atoms with Crippen molar-refractivity contribution in [2.24, 2.45) is 5.92 Å². The fourth-order valence-corrected chi connectivity index (χ4v) is 6.07. The summed E-state index contributed by atoms with van der Waals surface area (Å²) in [6.07, 6.45) is -0.910. The number of benzene rings is 3. The summed E-state index contributed by atoms with van der Waals surface area (Å²) >= 11 is 0. The Labute approximate surface area is 212 Å². The number of aryl methyl sites for hydroxylation is 1. The predicted molar refractivity (Wildman–Crippen MR) is 138 cm³/mol. The zero-order valence-corrected chi connectivity index (χ0v) is 21.0. The van der Waals surface area contributed by atoms with Crippen molar-refractivity contribution in [3.63, 3.8) is 0 Å². The van der Waals surface area contributed by atoms with Gasteiger partial charge in [0, 0.05) is 18.9 Å². The molecular weight excluding hydrogens is 476 g/mol. The van der Waals surface area contributed by atoms with E-state index in [0.717, 1.165) is 16.7 Å². The zero-order valence-electron chi connectivity index (χ0n) is 20.2. The van der Waals surface area contributed by atoms with Crippen LogP contribution in [-0.4, -0.2) is 43.3 Å². The number of amides is 1. The molecule has 1 aliphatic rings. The average molecular weight is 509 g/mol. The van der Waals surface area contributed by atoms with Crippen LogP contribution in [0.3, 0.4) is 0 Å². The Bertz CT molecular complexity index is 1300. The molecule has 1 amide bonds. The van der Waals surface area contributed by atoms with Crippen LogP contribution in [0, 0.1) is 12.8 Å². The van der Waals surface area contributed by atoms with E-state index in [1.54, 1.807) is 25.1 Å². The van der Waals surface area contributed by atoms with Crippen molar-refractivity contribution in [1.82, 2.24) is 10.0 Å². The third-order valence-corrected chi connectivity index (χ3v) is 8.23. The van der Waals surface area contributed by atoms with Crippen LogP contribution in [0.4, 0.5) is 0 Å².